The van der Waals surface area contributed by atoms with Crippen LogP contribution in [0.15, 0.2) is 17.2 Å². The van der Waals surface area contributed by atoms with E-state index in [-0.39, 0.29) is 5.91 Å². The third kappa shape index (κ3) is 5.42. The Labute approximate surface area is 119 Å². The predicted molar refractivity (Wildman–Crippen MR) is 80.8 cm³/mol. The molecular formula is C14H22N2O2S. The summed E-state index contributed by atoms with van der Waals surface area (Å²) in [5, 5.41) is 3.45. The maximum Gasteiger partial charge on any atom is 0.230 e. The van der Waals surface area contributed by atoms with E-state index >= 15 is 0 Å². The van der Waals surface area contributed by atoms with Gasteiger partial charge in [0.1, 0.15) is 5.82 Å². The summed E-state index contributed by atoms with van der Waals surface area (Å²) >= 11 is 1.46. The van der Waals surface area contributed by atoms with Crippen molar-refractivity contribution in [2.75, 3.05) is 11.6 Å². The van der Waals surface area contributed by atoms with Crippen LogP contribution in [-0.4, -0.2) is 23.4 Å². The van der Waals surface area contributed by atoms with Crippen molar-refractivity contribution < 1.29 is 9.59 Å². The molecule has 0 aromatic carbocycles. The van der Waals surface area contributed by atoms with Gasteiger partial charge in [0.25, 0.3) is 0 Å². The van der Waals surface area contributed by atoms with E-state index in [9.17, 15) is 9.59 Å². The minimum absolute atomic E-state index is 0.161. The molecule has 1 aromatic rings. The van der Waals surface area contributed by atoms with Crippen molar-refractivity contribution >= 4 is 29.8 Å². The van der Waals surface area contributed by atoms with Gasteiger partial charge in [0.15, 0.2) is 6.29 Å². The lowest BCUT2D eigenvalue weighted by Gasteiger charge is -2.18. The molecule has 0 saturated carbocycles. The Morgan fingerprint density at radius 2 is 1.89 bits per heavy atom. The van der Waals surface area contributed by atoms with Crippen molar-refractivity contribution in [3.63, 3.8) is 0 Å². The lowest BCUT2D eigenvalue weighted by Crippen LogP contribution is -2.28. The van der Waals surface area contributed by atoms with E-state index in [1.165, 1.54) is 11.8 Å². The van der Waals surface area contributed by atoms with Crippen molar-refractivity contribution in [2.45, 2.75) is 39.6 Å². The summed E-state index contributed by atoms with van der Waals surface area (Å²) in [5.41, 5.74) is -0.127. The fourth-order valence-corrected chi connectivity index (χ4v) is 1.44. The molecule has 0 atom stereocenters. The Morgan fingerprint density at radius 1 is 1.32 bits per heavy atom. The molecule has 1 amide bonds. The van der Waals surface area contributed by atoms with Crippen LogP contribution < -0.4 is 5.32 Å². The second-order valence-electron chi connectivity index (χ2n) is 4.61. The Bertz CT molecular complexity index is 440. The van der Waals surface area contributed by atoms with E-state index in [0.29, 0.717) is 17.7 Å². The molecule has 19 heavy (non-hydrogen) atoms. The molecule has 0 unspecified atom stereocenters. The maximum absolute atomic E-state index is 11.8. The molecule has 1 heterocycles. The first kappa shape index (κ1) is 17.6. The van der Waals surface area contributed by atoms with Gasteiger partial charge in [-0.3, -0.25) is 9.59 Å². The zero-order chi connectivity index (χ0) is 15.1. The molecule has 0 radical (unpaired) electrons. The van der Waals surface area contributed by atoms with Gasteiger partial charge in [0.05, 0.1) is 10.6 Å². The van der Waals surface area contributed by atoms with E-state index in [1.54, 1.807) is 32.9 Å². The number of rotatable bonds is 3. The monoisotopic (exact) mass is 282 g/mol. The highest BCUT2D eigenvalue weighted by atomic mass is 32.2. The third-order valence-electron chi connectivity index (χ3n) is 2.15. The smallest absolute Gasteiger partial charge is 0.230 e. The number of aromatic nitrogens is 1. The lowest BCUT2D eigenvalue weighted by molar-refractivity contribution is -0.123. The fourth-order valence-electron chi connectivity index (χ4n) is 1.06. The molecule has 1 aromatic heterocycles. The molecule has 0 saturated heterocycles. The summed E-state index contributed by atoms with van der Waals surface area (Å²) in [6.45, 7) is 9.42. The molecule has 0 spiro atoms. The second kappa shape index (κ2) is 7.94. The van der Waals surface area contributed by atoms with Crippen LogP contribution in [-0.2, 0) is 4.79 Å². The molecule has 106 valence electrons. The molecule has 4 nitrogen and oxygen atoms in total. The predicted octanol–water partition coefficient (Wildman–Crippen LogP) is 3.63. The number of carbonyl (C=O) groups is 2. The number of nitrogens with one attached hydrogen (secondary N) is 1. The standard InChI is InChI=1S/C12H16N2O2S.C2H6/c1-12(2,3)11(16)14-10-8(7-15)5-6-9(13-10)17-4;1-2/h5-7H,1-4H3,(H,13,14,16);1-2H3. The van der Waals surface area contributed by atoms with Crippen LogP contribution in [0.25, 0.3) is 0 Å². The number of carbonyl (C=O) groups excluding carboxylic acids is 2. The third-order valence-corrected chi connectivity index (χ3v) is 2.80. The van der Waals surface area contributed by atoms with Gasteiger partial charge in [-0.2, -0.15) is 0 Å². The van der Waals surface area contributed by atoms with Gasteiger partial charge in [0, 0.05) is 5.41 Å². The molecule has 0 aliphatic carbocycles. The number of aldehydes is 1. The van der Waals surface area contributed by atoms with E-state index in [4.69, 9.17) is 0 Å². The summed E-state index contributed by atoms with van der Waals surface area (Å²) in [7, 11) is 0. The Kier molecular flexibility index (Phi) is 7.37. The summed E-state index contributed by atoms with van der Waals surface area (Å²) in [5.74, 6) is 0.165. The van der Waals surface area contributed by atoms with E-state index < -0.39 is 5.41 Å². The first-order valence-electron chi connectivity index (χ1n) is 6.20. The summed E-state index contributed by atoms with van der Waals surface area (Å²) in [6.07, 6.45) is 2.58. The maximum atomic E-state index is 11.8. The van der Waals surface area contributed by atoms with Crippen molar-refractivity contribution in [1.82, 2.24) is 4.98 Å². The fraction of sp³-hybridized carbons (Fsp3) is 0.500. The van der Waals surface area contributed by atoms with E-state index in [1.807, 2.05) is 20.1 Å². The SMILES string of the molecule is CC.CSc1ccc(C=O)c(NC(=O)C(C)(C)C)n1. The van der Waals surface area contributed by atoms with Crippen LogP contribution in [0, 0.1) is 5.41 Å². The summed E-state index contributed by atoms with van der Waals surface area (Å²) < 4.78 is 0. The summed E-state index contributed by atoms with van der Waals surface area (Å²) in [4.78, 5) is 26.9. The number of hydrogen-bond acceptors (Lipinski definition) is 4. The van der Waals surface area contributed by atoms with Crippen molar-refractivity contribution in [2.24, 2.45) is 5.41 Å². The average molecular weight is 282 g/mol. The Hall–Kier alpha value is -1.36. The largest absolute Gasteiger partial charge is 0.310 e. The molecule has 1 N–H and O–H groups in total. The van der Waals surface area contributed by atoms with E-state index in [2.05, 4.69) is 10.3 Å². The zero-order valence-electron chi connectivity index (χ0n) is 12.4. The molecular weight excluding hydrogens is 260 g/mol. The highest BCUT2D eigenvalue weighted by Crippen LogP contribution is 2.21. The summed E-state index contributed by atoms with van der Waals surface area (Å²) in [6, 6.07) is 3.41. The van der Waals surface area contributed by atoms with Crippen LogP contribution in [0.2, 0.25) is 0 Å². The van der Waals surface area contributed by atoms with Crippen LogP contribution in [0.1, 0.15) is 45.0 Å². The first-order valence-corrected chi connectivity index (χ1v) is 7.42. The topological polar surface area (TPSA) is 59.1 Å². The number of amides is 1. The van der Waals surface area contributed by atoms with Gasteiger partial charge in [0.2, 0.25) is 5.91 Å². The first-order chi connectivity index (χ1) is 8.88. The molecule has 0 aliphatic rings. The second-order valence-corrected chi connectivity index (χ2v) is 5.44. The molecule has 0 fully saturated rings. The van der Waals surface area contributed by atoms with Gasteiger partial charge in [-0.1, -0.05) is 34.6 Å². The number of anilines is 1. The molecule has 1 rings (SSSR count). The van der Waals surface area contributed by atoms with Crippen LogP contribution in [0.4, 0.5) is 5.82 Å². The zero-order valence-corrected chi connectivity index (χ0v) is 13.2. The number of hydrogen-bond donors (Lipinski definition) is 1. The molecule has 0 bridgehead atoms. The quantitative estimate of drug-likeness (QED) is 0.679. The highest BCUT2D eigenvalue weighted by molar-refractivity contribution is 7.98. The normalized spacial score (nSPS) is 10.2. The number of thioether (sulfide) groups is 1. The minimum atomic E-state index is -0.517. The highest BCUT2D eigenvalue weighted by Gasteiger charge is 2.22. The van der Waals surface area contributed by atoms with Gasteiger partial charge in [-0.25, -0.2) is 4.98 Å². The molecule has 0 aliphatic heterocycles. The average Bonchev–Trinajstić information content (AvgIpc) is 2.39. The lowest BCUT2D eigenvalue weighted by atomic mass is 9.96. The van der Waals surface area contributed by atoms with Crippen LogP contribution in [0.3, 0.4) is 0 Å². The van der Waals surface area contributed by atoms with Gasteiger partial charge in [-0.05, 0) is 18.4 Å². The number of nitrogens with zero attached hydrogens (tertiary/aromatic N) is 1. The Morgan fingerprint density at radius 3 is 2.32 bits per heavy atom. The van der Waals surface area contributed by atoms with Crippen LogP contribution >= 0.6 is 11.8 Å². The van der Waals surface area contributed by atoms with Gasteiger partial charge < -0.3 is 5.32 Å². The number of pyridine rings is 1. The van der Waals surface area contributed by atoms with E-state index in [0.717, 1.165) is 5.03 Å². The Balaban J connectivity index is 0.00000154. The van der Waals surface area contributed by atoms with Crippen molar-refractivity contribution in [1.29, 1.82) is 0 Å². The minimum Gasteiger partial charge on any atom is -0.310 e. The van der Waals surface area contributed by atoms with Crippen molar-refractivity contribution in [3.05, 3.63) is 17.7 Å². The molecule has 5 heteroatoms. The van der Waals surface area contributed by atoms with Gasteiger partial charge >= 0.3 is 0 Å². The van der Waals surface area contributed by atoms with Crippen molar-refractivity contribution in [3.8, 4) is 0 Å². The van der Waals surface area contributed by atoms with Gasteiger partial charge in [-0.15, -0.1) is 11.8 Å². The van der Waals surface area contributed by atoms with Crippen LogP contribution in [0.5, 0.6) is 0 Å².